The molecule has 2 N–H and O–H groups in total. The molecular formula is C15H18ClN3O4. The van der Waals surface area contributed by atoms with Gasteiger partial charge in [0.1, 0.15) is 12.4 Å². The van der Waals surface area contributed by atoms with Crippen LogP contribution in [0.1, 0.15) is 12.7 Å². The lowest BCUT2D eigenvalue weighted by atomic mass is 10.3. The van der Waals surface area contributed by atoms with E-state index < -0.39 is 6.03 Å². The molecule has 0 saturated carbocycles. The lowest BCUT2D eigenvalue weighted by Gasteiger charge is -2.14. The van der Waals surface area contributed by atoms with Gasteiger partial charge in [-0.15, -0.1) is 0 Å². The van der Waals surface area contributed by atoms with Crippen LogP contribution in [-0.2, 0) is 4.74 Å². The third-order valence-corrected chi connectivity index (χ3v) is 3.06. The van der Waals surface area contributed by atoms with Crippen LogP contribution in [-0.4, -0.2) is 31.0 Å². The Hall–Kier alpha value is -2.25. The van der Waals surface area contributed by atoms with Crippen LogP contribution in [0.5, 0.6) is 5.75 Å². The van der Waals surface area contributed by atoms with E-state index in [9.17, 15) is 4.79 Å². The van der Waals surface area contributed by atoms with Crippen molar-refractivity contribution in [2.75, 3.05) is 30.5 Å². The molecule has 0 unspecified atom stereocenters. The summed E-state index contributed by atoms with van der Waals surface area (Å²) in [6.45, 7) is 5.01. The zero-order valence-corrected chi connectivity index (χ0v) is 13.6. The lowest BCUT2D eigenvalue weighted by molar-refractivity contribution is 0.110. The van der Waals surface area contributed by atoms with Gasteiger partial charge in [0.25, 0.3) is 0 Å². The summed E-state index contributed by atoms with van der Waals surface area (Å²) < 4.78 is 15.7. The molecular weight excluding hydrogens is 322 g/mol. The molecule has 2 amide bonds. The fourth-order valence-corrected chi connectivity index (χ4v) is 2.03. The Morgan fingerprint density at radius 1 is 1.35 bits per heavy atom. The SMILES string of the molecule is CCOCCOc1c(Cl)cccc1NC(=O)Nc1cc(C)on1. The number of halogens is 1. The molecule has 0 spiro atoms. The summed E-state index contributed by atoms with van der Waals surface area (Å²) >= 11 is 6.12. The molecule has 1 aromatic heterocycles. The van der Waals surface area contributed by atoms with Gasteiger partial charge in [0.2, 0.25) is 0 Å². The predicted molar refractivity (Wildman–Crippen MR) is 87.3 cm³/mol. The highest BCUT2D eigenvalue weighted by atomic mass is 35.5. The number of hydrogen-bond donors (Lipinski definition) is 2. The standard InChI is InChI=1S/C15H18ClN3O4/c1-3-21-7-8-22-14-11(16)5-4-6-12(14)17-15(20)18-13-9-10(2)23-19-13/h4-6,9H,3,7-8H2,1-2H3,(H2,17,18,19,20). The molecule has 23 heavy (non-hydrogen) atoms. The van der Waals surface area contributed by atoms with E-state index in [-0.39, 0.29) is 0 Å². The van der Waals surface area contributed by atoms with E-state index in [0.29, 0.717) is 47.9 Å². The molecule has 0 bridgehead atoms. The largest absolute Gasteiger partial charge is 0.487 e. The fourth-order valence-electron chi connectivity index (χ4n) is 1.80. The first kappa shape index (κ1) is 17.1. The monoisotopic (exact) mass is 339 g/mol. The smallest absolute Gasteiger partial charge is 0.325 e. The Labute approximate surface area is 138 Å². The molecule has 1 aromatic carbocycles. The van der Waals surface area contributed by atoms with Crippen molar-refractivity contribution in [3.63, 3.8) is 0 Å². The molecule has 8 heteroatoms. The van der Waals surface area contributed by atoms with E-state index in [1.165, 1.54) is 0 Å². The van der Waals surface area contributed by atoms with Gasteiger partial charge in [0, 0.05) is 12.7 Å². The van der Waals surface area contributed by atoms with E-state index in [1.807, 2.05) is 6.92 Å². The molecule has 0 atom stereocenters. The van der Waals surface area contributed by atoms with Crippen LogP contribution < -0.4 is 15.4 Å². The molecule has 0 aliphatic carbocycles. The Bertz CT molecular complexity index is 660. The van der Waals surface area contributed by atoms with Crippen LogP contribution in [0.15, 0.2) is 28.8 Å². The second-order valence-corrected chi connectivity index (χ2v) is 4.97. The van der Waals surface area contributed by atoms with Crippen molar-refractivity contribution in [1.29, 1.82) is 0 Å². The van der Waals surface area contributed by atoms with Gasteiger partial charge < -0.3 is 19.3 Å². The Morgan fingerprint density at radius 2 is 2.17 bits per heavy atom. The molecule has 7 nitrogen and oxygen atoms in total. The third kappa shape index (κ3) is 5.15. The van der Waals surface area contributed by atoms with Crippen LogP contribution >= 0.6 is 11.6 Å². The van der Waals surface area contributed by atoms with Gasteiger partial charge in [-0.2, -0.15) is 0 Å². The quantitative estimate of drug-likeness (QED) is 0.751. The summed E-state index contributed by atoms with van der Waals surface area (Å²) in [5.41, 5.74) is 0.451. The maximum absolute atomic E-state index is 12.0. The number of nitrogens with zero attached hydrogens (tertiary/aromatic N) is 1. The van der Waals surface area contributed by atoms with Crippen LogP contribution in [0.4, 0.5) is 16.3 Å². The van der Waals surface area contributed by atoms with Crippen molar-refractivity contribution in [3.8, 4) is 5.75 Å². The number of aryl methyl sites for hydroxylation is 1. The van der Waals surface area contributed by atoms with Gasteiger partial charge in [-0.05, 0) is 26.0 Å². The summed E-state index contributed by atoms with van der Waals surface area (Å²) in [6, 6.07) is 6.22. The van der Waals surface area contributed by atoms with Crippen molar-refractivity contribution < 1.29 is 18.8 Å². The Balaban J connectivity index is 2.00. The Morgan fingerprint density at radius 3 is 2.87 bits per heavy atom. The first-order chi connectivity index (χ1) is 11.1. The lowest BCUT2D eigenvalue weighted by Crippen LogP contribution is -2.20. The van der Waals surface area contributed by atoms with E-state index in [1.54, 1.807) is 31.2 Å². The van der Waals surface area contributed by atoms with Crippen LogP contribution in [0.25, 0.3) is 0 Å². The number of aromatic nitrogens is 1. The molecule has 124 valence electrons. The second kappa shape index (κ2) is 8.40. The average Bonchev–Trinajstić information content (AvgIpc) is 2.91. The molecule has 1 heterocycles. The fraction of sp³-hybridized carbons (Fsp3) is 0.333. The number of urea groups is 1. The van der Waals surface area contributed by atoms with Gasteiger partial charge >= 0.3 is 6.03 Å². The summed E-state index contributed by atoms with van der Waals surface area (Å²) in [4.78, 5) is 12.0. The van der Waals surface area contributed by atoms with Gasteiger partial charge in [0.15, 0.2) is 11.6 Å². The number of rotatable bonds is 7. The number of para-hydroxylation sites is 1. The van der Waals surface area contributed by atoms with Gasteiger partial charge in [-0.1, -0.05) is 22.8 Å². The molecule has 0 aliphatic heterocycles. The minimum Gasteiger partial charge on any atom is -0.487 e. The van der Waals surface area contributed by atoms with E-state index in [4.69, 9.17) is 25.6 Å². The number of carbonyl (C=O) groups is 1. The summed E-state index contributed by atoms with van der Waals surface area (Å²) in [5, 5.41) is 9.31. The molecule has 0 radical (unpaired) electrons. The highest BCUT2D eigenvalue weighted by Crippen LogP contribution is 2.33. The van der Waals surface area contributed by atoms with E-state index in [2.05, 4.69) is 15.8 Å². The first-order valence-corrected chi connectivity index (χ1v) is 7.48. The minimum atomic E-state index is -0.477. The summed E-state index contributed by atoms with van der Waals surface area (Å²) in [7, 11) is 0. The number of amides is 2. The minimum absolute atomic E-state index is 0.320. The van der Waals surface area contributed by atoms with E-state index >= 15 is 0 Å². The number of carbonyl (C=O) groups excluding carboxylic acids is 1. The average molecular weight is 340 g/mol. The summed E-state index contributed by atoms with van der Waals surface area (Å²) in [6.07, 6.45) is 0. The maximum atomic E-state index is 12.0. The third-order valence-electron chi connectivity index (χ3n) is 2.76. The van der Waals surface area contributed by atoms with Crippen molar-refractivity contribution in [2.24, 2.45) is 0 Å². The number of anilines is 2. The van der Waals surface area contributed by atoms with Gasteiger partial charge in [-0.3, -0.25) is 5.32 Å². The predicted octanol–water partition coefficient (Wildman–Crippen LogP) is 3.70. The maximum Gasteiger partial charge on any atom is 0.325 e. The highest BCUT2D eigenvalue weighted by molar-refractivity contribution is 6.32. The molecule has 2 aromatic rings. The van der Waals surface area contributed by atoms with Crippen molar-refractivity contribution >= 4 is 29.1 Å². The second-order valence-electron chi connectivity index (χ2n) is 4.56. The molecule has 0 aliphatic rings. The van der Waals surface area contributed by atoms with Crippen molar-refractivity contribution in [1.82, 2.24) is 5.16 Å². The zero-order chi connectivity index (χ0) is 16.7. The number of nitrogens with one attached hydrogen (secondary N) is 2. The first-order valence-electron chi connectivity index (χ1n) is 7.10. The topological polar surface area (TPSA) is 85.6 Å². The normalized spacial score (nSPS) is 10.4. The van der Waals surface area contributed by atoms with Crippen molar-refractivity contribution in [2.45, 2.75) is 13.8 Å². The number of ether oxygens (including phenoxy) is 2. The van der Waals surface area contributed by atoms with Crippen LogP contribution in [0, 0.1) is 6.92 Å². The van der Waals surface area contributed by atoms with Gasteiger partial charge in [-0.25, -0.2) is 4.79 Å². The van der Waals surface area contributed by atoms with E-state index in [0.717, 1.165) is 0 Å². The zero-order valence-electron chi connectivity index (χ0n) is 12.9. The Kier molecular flexibility index (Phi) is 6.25. The molecule has 0 saturated heterocycles. The summed E-state index contributed by atoms with van der Waals surface area (Å²) in [5.74, 6) is 1.31. The number of hydrogen-bond acceptors (Lipinski definition) is 5. The van der Waals surface area contributed by atoms with Gasteiger partial charge in [0.05, 0.1) is 17.3 Å². The molecule has 2 rings (SSSR count). The van der Waals surface area contributed by atoms with Crippen LogP contribution in [0.3, 0.4) is 0 Å². The molecule has 0 fully saturated rings. The van der Waals surface area contributed by atoms with Crippen molar-refractivity contribution in [3.05, 3.63) is 35.0 Å². The highest BCUT2D eigenvalue weighted by Gasteiger charge is 2.12. The number of benzene rings is 1. The van der Waals surface area contributed by atoms with Crippen LogP contribution in [0.2, 0.25) is 5.02 Å².